The summed E-state index contributed by atoms with van der Waals surface area (Å²) in [5, 5.41) is 0. The second-order valence-corrected chi connectivity index (χ2v) is 4.22. The van der Waals surface area contributed by atoms with E-state index in [0.29, 0.717) is 13.1 Å². The van der Waals surface area contributed by atoms with Gasteiger partial charge in [0.1, 0.15) is 5.75 Å². The Morgan fingerprint density at radius 1 is 1.47 bits per heavy atom. The molecule has 1 aromatic carbocycles. The molecule has 0 saturated heterocycles. The van der Waals surface area contributed by atoms with Crippen molar-refractivity contribution in [3.8, 4) is 5.75 Å². The number of hydrogen-bond acceptors (Lipinski definition) is 3. The molecule has 2 N–H and O–H groups in total. The van der Waals surface area contributed by atoms with Gasteiger partial charge in [0.05, 0.1) is 12.8 Å². The number of carbonyl (C=O) groups excluding carboxylic acids is 1. The predicted molar refractivity (Wildman–Crippen MR) is 67.1 cm³/mol. The summed E-state index contributed by atoms with van der Waals surface area (Å²) in [5.74, 6) is 1.07. The number of anilines is 1. The SMILES string of the molecule is COc1ccccc1N(CCN)C(=O)C1CC1. The highest BCUT2D eigenvalue weighted by molar-refractivity contribution is 5.97. The molecule has 0 aromatic heterocycles. The zero-order valence-electron chi connectivity index (χ0n) is 10.1. The Morgan fingerprint density at radius 3 is 2.76 bits per heavy atom. The van der Waals surface area contributed by atoms with Crippen LogP contribution in [0.1, 0.15) is 12.8 Å². The number of ether oxygens (including phenoxy) is 1. The molecular formula is C13H18N2O2. The molecular weight excluding hydrogens is 216 g/mol. The minimum atomic E-state index is 0.167. The zero-order valence-corrected chi connectivity index (χ0v) is 10.1. The molecule has 2 rings (SSSR count). The molecule has 1 fully saturated rings. The highest BCUT2D eigenvalue weighted by Gasteiger charge is 2.34. The summed E-state index contributed by atoms with van der Waals surface area (Å²) >= 11 is 0. The molecule has 0 bridgehead atoms. The van der Waals surface area contributed by atoms with Crippen LogP contribution in [-0.4, -0.2) is 26.1 Å². The van der Waals surface area contributed by atoms with Gasteiger partial charge in [-0.15, -0.1) is 0 Å². The molecule has 1 aliphatic carbocycles. The Labute approximate surface area is 101 Å². The van der Waals surface area contributed by atoms with E-state index in [1.807, 2.05) is 24.3 Å². The second kappa shape index (κ2) is 5.19. The van der Waals surface area contributed by atoms with Gasteiger partial charge >= 0.3 is 0 Å². The third kappa shape index (κ3) is 2.58. The van der Waals surface area contributed by atoms with E-state index in [1.54, 1.807) is 12.0 Å². The quantitative estimate of drug-likeness (QED) is 0.837. The van der Waals surface area contributed by atoms with Crippen LogP contribution in [0.3, 0.4) is 0 Å². The average molecular weight is 234 g/mol. The molecule has 0 radical (unpaired) electrons. The molecule has 17 heavy (non-hydrogen) atoms. The lowest BCUT2D eigenvalue weighted by atomic mass is 10.2. The molecule has 1 aliphatic rings. The number of para-hydroxylation sites is 2. The maximum absolute atomic E-state index is 12.2. The van der Waals surface area contributed by atoms with Crippen molar-refractivity contribution in [3.05, 3.63) is 24.3 Å². The molecule has 1 aromatic rings. The number of carbonyl (C=O) groups is 1. The number of methoxy groups -OCH3 is 1. The number of amides is 1. The predicted octanol–water partition coefficient (Wildman–Crippen LogP) is 1.40. The van der Waals surface area contributed by atoms with Gasteiger partial charge in [-0.2, -0.15) is 0 Å². The smallest absolute Gasteiger partial charge is 0.230 e. The molecule has 1 saturated carbocycles. The fourth-order valence-corrected chi connectivity index (χ4v) is 1.88. The number of hydrogen-bond donors (Lipinski definition) is 1. The van der Waals surface area contributed by atoms with E-state index in [2.05, 4.69) is 0 Å². The van der Waals surface area contributed by atoms with E-state index in [9.17, 15) is 4.79 Å². The van der Waals surface area contributed by atoms with E-state index in [1.165, 1.54) is 0 Å². The highest BCUT2D eigenvalue weighted by Crippen LogP contribution is 2.35. The van der Waals surface area contributed by atoms with E-state index < -0.39 is 0 Å². The summed E-state index contributed by atoms with van der Waals surface area (Å²) in [5.41, 5.74) is 6.40. The van der Waals surface area contributed by atoms with Crippen LogP contribution in [0, 0.1) is 5.92 Å². The van der Waals surface area contributed by atoms with E-state index in [0.717, 1.165) is 24.3 Å². The van der Waals surface area contributed by atoms with Gasteiger partial charge in [0, 0.05) is 19.0 Å². The first-order valence-electron chi connectivity index (χ1n) is 5.92. The molecule has 4 nitrogen and oxygen atoms in total. The molecule has 92 valence electrons. The number of nitrogens with zero attached hydrogens (tertiary/aromatic N) is 1. The lowest BCUT2D eigenvalue weighted by Gasteiger charge is -2.24. The molecule has 0 atom stereocenters. The van der Waals surface area contributed by atoms with Crippen molar-refractivity contribution in [3.63, 3.8) is 0 Å². The van der Waals surface area contributed by atoms with Crippen LogP contribution >= 0.6 is 0 Å². The first kappa shape index (κ1) is 11.9. The Kier molecular flexibility index (Phi) is 3.64. The van der Waals surface area contributed by atoms with Crippen LogP contribution in [-0.2, 0) is 4.79 Å². The van der Waals surface area contributed by atoms with Crippen molar-refractivity contribution in [2.24, 2.45) is 11.7 Å². The Hall–Kier alpha value is -1.55. The summed E-state index contributed by atoms with van der Waals surface area (Å²) in [7, 11) is 1.61. The molecule has 1 amide bonds. The van der Waals surface area contributed by atoms with E-state index in [-0.39, 0.29) is 11.8 Å². The Bertz CT molecular complexity index is 402. The summed E-state index contributed by atoms with van der Waals surface area (Å²) in [6.45, 7) is 0.992. The standard InChI is InChI=1S/C13H18N2O2/c1-17-12-5-3-2-4-11(12)15(9-8-14)13(16)10-6-7-10/h2-5,10H,6-9,14H2,1H3. The number of benzene rings is 1. The van der Waals surface area contributed by atoms with Crippen LogP contribution in [0.5, 0.6) is 5.75 Å². The van der Waals surface area contributed by atoms with Crippen molar-refractivity contribution < 1.29 is 9.53 Å². The van der Waals surface area contributed by atoms with Crippen molar-refractivity contribution in [2.75, 3.05) is 25.1 Å². The monoisotopic (exact) mass is 234 g/mol. The van der Waals surface area contributed by atoms with Crippen LogP contribution < -0.4 is 15.4 Å². The molecule has 0 heterocycles. The lowest BCUT2D eigenvalue weighted by molar-refractivity contribution is -0.119. The summed E-state index contributed by atoms with van der Waals surface area (Å²) in [4.78, 5) is 13.9. The second-order valence-electron chi connectivity index (χ2n) is 4.22. The average Bonchev–Trinajstić information content (AvgIpc) is 3.19. The van der Waals surface area contributed by atoms with Gasteiger partial charge in [-0.25, -0.2) is 0 Å². The largest absolute Gasteiger partial charge is 0.495 e. The van der Waals surface area contributed by atoms with Gasteiger partial charge in [-0.3, -0.25) is 4.79 Å². The van der Waals surface area contributed by atoms with E-state index in [4.69, 9.17) is 10.5 Å². The van der Waals surface area contributed by atoms with Crippen molar-refractivity contribution in [1.29, 1.82) is 0 Å². The minimum absolute atomic E-state index is 0.167. The van der Waals surface area contributed by atoms with Crippen molar-refractivity contribution in [1.82, 2.24) is 0 Å². The van der Waals surface area contributed by atoms with Gasteiger partial charge < -0.3 is 15.4 Å². The Balaban J connectivity index is 2.27. The first-order chi connectivity index (χ1) is 8.27. The van der Waals surface area contributed by atoms with E-state index >= 15 is 0 Å². The van der Waals surface area contributed by atoms with Gasteiger partial charge in [0.25, 0.3) is 0 Å². The van der Waals surface area contributed by atoms with Gasteiger partial charge in [-0.1, -0.05) is 12.1 Å². The molecule has 4 heteroatoms. The van der Waals surface area contributed by atoms with Crippen LogP contribution in [0.15, 0.2) is 24.3 Å². The van der Waals surface area contributed by atoms with Gasteiger partial charge in [0.2, 0.25) is 5.91 Å². The van der Waals surface area contributed by atoms with Gasteiger partial charge in [0.15, 0.2) is 0 Å². The van der Waals surface area contributed by atoms with Crippen molar-refractivity contribution >= 4 is 11.6 Å². The van der Waals surface area contributed by atoms with Gasteiger partial charge in [-0.05, 0) is 25.0 Å². The number of nitrogens with two attached hydrogens (primary N) is 1. The fourth-order valence-electron chi connectivity index (χ4n) is 1.88. The molecule has 0 aliphatic heterocycles. The van der Waals surface area contributed by atoms with Crippen molar-refractivity contribution in [2.45, 2.75) is 12.8 Å². The topological polar surface area (TPSA) is 55.6 Å². The fraction of sp³-hybridized carbons (Fsp3) is 0.462. The summed E-state index contributed by atoms with van der Waals surface area (Å²) in [6, 6.07) is 7.56. The molecule has 0 unspecified atom stereocenters. The number of rotatable bonds is 5. The van der Waals surface area contributed by atoms with Crippen LogP contribution in [0.25, 0.3) is 0 Å². The van der Waals surface area contributed by atoms with Crippen LogP contribution in [0.2, 0.25) is 0 Å². The minimum Gasteiger partial charge on any atom is -0.495 e. The first-order valence-corrected chi connectivity index (χ1v) is 5.92. The third-order valence-electron chi connectivity index (χ3n) is 2.92. The normalized spacial score (nSPS) is 14.5. The maximum Gasteiger partial charge on any atom is 0.230 e. The maximum atomic E-state index is 12.2. The Morgan fingerprint density at radius 2 is 2.18 bits per heavy atom. The summed E-state index contributed by atoms with van der Waals surface area (Å²) in [6.07, 6.45) is 1.99. The zero-order chi connectivity index (χ0) is 12.3. The third-order valence-corrected chi connectivity index (χ3v) is 2.92. The molecule has 0 spiro atoms. The lowest BCUT2D eigenvalue weighted by Crippen LogP contribution is -2.36. The summed E-state index contributed by atoms with van der Waals surface area (Å²) < 4.78 is 5.29. The highest BCUT2D eigenvalue weighted by atomic mass is 16.5. The van der Waals surface area contributed by atoms with Crippen LogP contribution in [0.4, 0.5) is 5.69 Å².